The van der Waals surface area contributed by atoms with Crippen LogP contribution in [0.1, 0.15) is 57.3 Å². The zero-order chi connectivity index (χ0) is 34.3. The molecule has 3 saturated heterocycles. The first-order valence-electron chi connectivity index (χ1n) is 17.1. The highest BCUT2D eigenvalue weighted by molar-refractivity contribution is 6.03. The molecule has 260 valence electrons. The Hall–Kier alpha value is -4.56. The van der Waals surface area contributed by atoms with Gasteiger partial charge in [0.15, 0.2) is 0 Å². The van der Waals surface area contributed by atoms with E-state index in [1.165, 1.54) is 12.1 Å². The van der Waals surface area contributed by atoms with Crippen molar-refractivity contribution < 1.29 is 28.2 Å². The quantitative estimate of drug-likeness (QED) is 0.355. The molecule has 4 aliphatic heterocycles. The number of ether oxygens (including phenoxy) is 3. The number of anilines is 4. The fourth-order valence-corrected chi connectivity index (χ4v) is 7.19. The second kappa shape index (κ2) is 13.4. The van der Waals surface area contributed by atoms with E-state index in [1.54, 1.807) is 23.2 Å². The van der Waals surface area contributed by atoms with E-state index in [-0.39, 0.29) is 46.9 Å². The smallest absolute Gasteiger partial charge is 0.323 e. The fraction of sp³-hybridized carbons (Fsp3) is 0.514. The van der Waals surface area contributed by atoms with Gasteiger partial charge in [0, 0.05) is 18.7 Å². The average Bonchev–Trinajstić information content (AvgIpc) is 3.28. The summed E-state index contributed by atoms with van der Waals surface area (Å²) in [7, 11) is 0. The van der Waals surface area contributed by atoms with Gasteiger partial charge in [-0.3, -0.25) is 4.79 Å². The zero-order valence-corrected chi connectivity index (χ0v) is 28.4. The van der Waals surface area contributed by atoms with Crippen LogP contribution in [0.25, 0.3) is 11.3 Å². The predicted molar refractivity (Wildman–Crippen MR) is 183 cm³/mol. The van der Waals surface area contributed by atoms with Crippen molar-refractivity contribution in [2.75, 3.05) is 66.5 Å². The monoisotopic (exact) mass is 674 g/mol. The minimum atomic E-state index is -0.716. The molecule has 2 unspecified atom stereocenters. The molecule has 0 radical (unpaired) electrons. The molecule has 3 aromatic rings. The molecule has 0 spiro atoms. The number of amides is 3. The molecule has 3 fully saturated rings. The number of nitrogens with one attached hydrogen (secondary N) is 2. The number of nitrogens with zero attached hydrogens (tertiary/aromatic N) is 6. The van der Waals surface area contributed by atoms with Gasteiger partial charge in [0.05, 0.1) is 74.4 Å². The first kappa shape index (κ1) is 33.0. The number of hydrogen-bond donors (Lipinski definition) is 2. The minimum absolute atomic E-state index is 0.0320. The van der Waals surface area contributed by atoms with Gasteiger partial charge >= 0.3 is 6.03 Å². The van der Waals surface area contributed by atoms with E-state index < -0.39 is 17.4 Å². The molecule has 2 N–H and O–H groups in total. The summed E-state index contributed by atoms with van der Waals surface area (Å²) in [5.41, 5.74) is 0.550. The molecule has 6 heterocycles. The van der Waals surface area contributed by atoms with E-state index in [1.807, 2.05) is 26.8 Å². The van der Waals surface area contributed by atoms with Crippen LogP contribution < -0.4 is 25.2 Å². The summed E-state index contributed by atoms with van der Waals surface area (Å²) in [5, 5.41) is 5.31. The summed E-state index contributed by atoms with van der Waals surface area (Å²) in [6.07, 6.45) is 4.40. The van der Waals surface area contributed by atoms with E-state index in [4.69, 9.17) is 24.2 Å². The largest absolute Gasteiger partial charge is 0.469 e. The van der Waals surface area contributed by atoms with Gasteiger partial charge in [-0.25, -0.2) is 19.2 Å². The van der Waals surface area contributed by atoms with Crippen LogP contribution in [0.4, 0.5) is 32.3 Å². The van der Waals surface area contributed by atoms with E-state index in [2.05, 4.69) is 32.3 Å². The number of likely N-dealkylation sites (N-methyl/N-ethyl adjacent to an activating group) is 1. The first-order valence-corrected chi connectivity index (χ1v) is 17.1. The van der Waals surface area contributed by atoms with E-state index in [0.29, 0.717) is 56.7 Å². The fourth-order valence-electron chi connectivity index (χ4n) is 7.19. The molecule has 2 bridgehead atoms. The molecule has 7 rings (SSSR count). The number of halogens is 1. The van der Waals surface area contributed by atoms with Crippen molar-refractivity contribution >= 4 is 35.1 Å². The maximum Gasteiger partial charge on any atom is 0.323 e. The maximum atomic E-state index is 15.8. The van der Waals surface area contributed by atoms with Crippen LogP contribution >= 0.6 is 0 Å². The Morgan fingerprint density at radius 2 is 1.84 bits per heavy atom. The Morgan fingerprint density at radius 3 is 2.53 bits per heavy atom. The third-order valence-corrected chi connectivity index (χ3v) is 9.65. The standard InChI is InChI=1S/C35H43FN8O5/c1-5-23-17-47-14-13-43(23)28-12-8-22(16-37-28)38-34(46)39-27-11-7-21(15-26(27)36)30-29-31(49-35(3,4)20-42(6-2)32(29)45)41-33(40-30)44-24-9-10-25(44)19-48-18-24/h7-8,11-12,15-16,23-25H,5-6,9-10,13-14,17-20H2,1-4H3,(H2,38,39,46)/t23-,24?,25?/m0/s1. The molecule has 4 aliphatic rings. The van der Waals surface area contributed by atoms with Crippen LogP contribution in [0, 0.1) is 5.82 Å². The summed E-state index contributed by atoms with van der Waals surface area (Å²) >= 11 is 0. The van der Waals surface area contributed by atoms with Gasteiger partial charge in [0.2, 0.25) is 11.8 Å². The third kappa shape index (κ3) is 6.58. The normalized spacial score (nSPS) is 23.1. The van der Waals surface area contributed by atoms with Gasteiger partial charge < -0.3 is 39.5 Å². The second-order valence-corrected chi connectivity index (χ2v) is 13.6. The first-order chi connectivity index (χ1) is 23.6. The van der Waals surface area contributed by atoms with Crippen LogP contribution in [-0.4, -0.2) is 102 Å². The molecule has 49 heavy (non-hydrogen) atoms. The summed E-state index contributed by atoms with van der Waals surface area (Å²) in [6.45, 7) is 11.8. The Balaban J connectivity index is 1.15. The lowest BCUT2D eigenvalue weighted by Gasteiger charge is -2.36. The highest BCUT2D eigenvalue weighted by Crippen LogP contribution is 2.40. The summed E-state index contributed by atoms with van der Waals surface area (Å²) in [5.74, 6) is 0.448. The SMILES string of the molecule is CC[C@H]1COCCN1c1ccc(NC(=O)Nc2ccc(-c3nc(N4C5CCC4COC5)nc4c3C(=O)N(CC)CC(C)(C)O4)cc2F)cn1. The topological polar surface area (TPSA) is 134 Å². The molecule has 0 aliphatic carbocycles. The average molecular weight is 675 g/mol. The molecule has 3 amide bonds. The molecular formula is C35H43FN8O5. The number of urea groups is 1. The van der Waals surface area contributed by atoms with E-state index in [0.717, 1.165) is 31.6 Å². The predicted octanol–water partition coefficient (Wildman–Crippen LogP) is 4.94. The van der Waals surface area contributed by atoms with E-state index >= 15 is 4.39 Å². The van der Waals surface area contributed by atoms with Gasteiger partial charge in [0.1, 0.15) is 22.8 Å². The molecule has 2 aromatic heterocycles. The number of morpholine rings is 2. The van der Waals surface area contributed by atoms with Crippen LogP contribution in [0.5, 0.6) is 5.88 Å². The molecule has 0 saturated carbocycles. The highest BCUT2D eigenvalue weighted by atomic mass is 19.1. The third-order valence-electron chi connectivity index (χ3n) is 9.65. The highest BCUT2D eigenvalue weighted by Gasteiger charge is 2.42. The molecule has 13 nitrogen and oxygen atoms in total. The molecule has 3 atom stereocenters. The number of rotatable bonds is 7. The summed E-state index contributed by atoms with van der Waals surface area (Å²) < 4.78 is 33.5. The zero-order valence-electron chi connectivity index (χ0n) is 28.4. The van der Waals surface area contributed by atoms with Crippen molar-refractivity contribution in [3.63, 3.8) is 0 Å². The lowest BCUT2D eigenvalue weighted by atomic mass is 10.0. The lowest BCUT2D eigenvalue weighted by Crippen LogP contribution is -2.47. The second-order valence-electron chi connectivity index (χ2n) is 13.6. The van der Waals surface area contributed by atoms with Crippen LogP contribution in [0.3, 0.4) is 0 Å². The molecule has 1 aromatic carbocycles. The van der Waals surface area contributed by atoms with Gasteiger partial charge in [0.25, 0.3) is 5.91 Å². The van der Waals surface area contributed by atoms with Gasteiger partial charge in [-0.15, -0.1) is 0 Å². The van der Waals surface area contributed by atoms with Crippen molar-refractivity contribution in [1.29, 1.82) is 0 Å². The molecule has 14 heteroatoms. The Labute approximate surface area is 285 Å². The minimum Gasteiger partial charge on any atom is -0.469 e. The summed E-state index contributed by atoms with van der Waals surface area (Å²) in [4.78, 5) is 47.2. The molecular weight excluding hydrogens is 631 g/mol. The number of aromatic nitrogens is 3. The number of fused-ring (bicyclic) bond motifs is 3. The van der Waals surface area contributed by atoms with Crippen molar-refractivity contribution in [3.8, 4) is 17.1 Å². The van der Waals surface area contributed by atoms with E-state index in [9.17, 15) is 9.59 Å². The van der Waals surface area contributed by atoms with Crippen molar-refractivity contribution in [2.24, 2.45) is 0 Å². The number of benzene rings is 1. The number of pyridine rings is 1. The van der Waals surface area contributed by atoms with Crippen molar-refractivity contribution in [3.05, 3.63) is 47.9 Å². The Bertz CT molecular complexity index is 1710. The van der Waals surface area contributed by atoms with Crippen LogP contribution in [0.2, 0.25) is 0 Å². The van der Waals surface area contributed by atoms with Gasteiger partial charge in [-0.1, -0.05) is 13.0 Å². The van der Waals surface area contributed by atoms with Gasteiger partial charge in [-0.2, -0.15) is 4.98 Å². The maximum absolute atomic E-state index is 15.8. The Morgan fingerprint density at radius 1 is 1.04 bits per heavy atom. The number of carbonyl (C=O) groups excluding carboxylic acids is 2. The van der Waals surface area contributed by atoms with Crippen molar-refractivity contribution in [1.82, 2.24) is 19.9 Å². The summed E-state index contributed by atoms with van der Waals surface area (Å²) in [6, 6.07) is 7.83. The Kier molecular flexibility index (Phi) is 9.01. The van der Waals surface area contributed by atoms with Crippen LogP contribution in [0.15, 0.2) is 36.5 Å². The number of carbonyl (C=O) groups is 2. The lowest BCUT2D eigenvalue weighted by molar-refractivity contribution is 0.0540. The van der Waals surface area contributed by atoms with Crippen LogP contribution in [-0.2, 0) is 9.47 Å². The number of hydrogen-bond acceptors (Lipinski definition) is 10. The van der Waals surface area contributed by atoms with Gasteiger partial charge in [-0.05, 0) is 64.3 Å². The van der Waals surface area contributed by atoms with Crippen molar-refractivity contribution in [2.45, 2.75) is 70.7 Å².